The number of carboxylic acids is 3. The number of carboxylic acid groups (broad SMARTS) is 3. The molecule has 0 saturated heterocycles. The van der Waals surface area contributed by atoms with Gasteiger partial charge in [-0.2, -0.15) is 0 Å². The molecule has 2 aromatic rings. The number of aliphatic carboxylic acids is 3. The Bertz CT molecular complexity index is 1240. The van der Waals surface area contributed by atoms with E-state index < -0.39 is 72.6 Å². The average Bonchev–Trinajstić information content (AvgIpc) is 3.27. The second-order valence-corrected chi connectivity index (χ2v) is 9.85. The molecule has 0 aliphatic heterocycles. The van der Waals surface area contributed by atoms with E-state index in [1.54, 1.807) is 32.2 Å². The molecule has 9 N–H and O–H groups in total. The van der Waals surface area contributed by atoms with E-state index in [-0.39, 0.29) is 25.2 Å². The maximum atomic E-state index is 13.1. The Morgan fingerprint density at radius 3 is 2.05 bits per heavy atom. The lowest BCUT2D eigenvalue weighted by atomic mass is 10.0. The Kier molecular flexibility index (Phi) is 11.6. The maximum Gasteiger partial charge on any atom is 0.326 e. The van der Waals surface area contributed by atoms with Crippen LogP contribution in [0.1, 0.15) is 45.1 Å². The number of para-hydroxylation sites is 1. The zero-order valence-corrected chi connectivity index (χ0v) is 22.2. The second-order valence-electron chi connectivity index (χ2n) is 9.85. The minimum Gasteiger partial charge on any atom is -0.481 e. The normalized spacial score (nSPS) is 14.1. The number of fused-ring (bicyclic) bond motifs is 1. The lowest BCUT2D eigenvalue weighted by Crippen LogP contribution is -2.57. The number of benzene rings is 1. The van der Waals surface area contributed by atoms with Gasteiger partial charge in [-0.3, -0.25) is 24.0 Å². The Morgan fingerprint density at radius 1 is 0.850 bits per heavy atom. The van der Waals surface area contributed by atoms with Crippen LogP contribution in [-0.2, 0) is 35.2 Å². The minimum absolute atomic E-state index is 0.0851. The van der Waals surface area contributed by atoms with E-state index in [4.69, 9.17) is 15.9 Å². The molecule has 0 radical (unpaired) electrons. The van der Waals surface area contributed by atoms with E-state index in [9.17, 15) is 33.9 Å². The number of aromatic nitrogens is 1. The summed E-state index contributed by atoms with van der Waals surface area (Å²) in [6.07, 6.45) is 0.112. The summed E-state index contributed by atoms with van der Waals surface area (Å²) in [4.78, 5) is 75.7. The molecule has 0 bridgehead atoms. The first kappa shape index (κ1) is 31.8. The highest BCUT2D eigenvalue weighted by molar-refractivity contribution is 5.95. The van der Waals surface area contributed by atoms with Gasteiger partial charge in [0.05, 0.1) is 12.5 Å². The van der Waals surface area contributed by atoms with E-state index in [1.807, 2.05) is 12.1 Å². The van der Waals surface area contributed by atoms with Crippen LogP contribution in [0.2, 0.25) is 0 Å². The molecule has 1 aromatic heterocycles. The number of amides is 3. The van der Waals surface area contributed by atoms with Gasteiger partial charge < -0.3 is 42.0 Å². The zero-order chi connectivity index (χ0) is 30.0. The smallest absolute Gasteiger partial charge is 0.326 e. The molecule has 14 nitrogen and oxygen atoms in total. The van der Waals surface area contributed by atoms with Crippen LogP contribution in [-0.4, -0.2) is 80.1 Å². The molecule has 40 heavy (non-hydrogen) atoms. The first-order valence-electron chi connectivity index (χ1n) is 12.7. The van der Waals surface area contributed by atoms with E-state index in [0.717, 1.165) is 10.9 Å². The van der Waals surface area contributed by atoms with Crippen LogP contribution >= 0.6 is 0 Å². The van der Waals surface area contributed by atoms with Crippen molar-refractivity contribution in [3.63, 3.8) is 0 Å². The summed E-state index contributed by atoms with van der Waals surface area (Å²) < 4.78 is 0. The molecule has 218 valence electrons. The summed E-state index contributed by atoms with van der Waals surface area (Å²) in [6, 6.07) is 1.73. The maximum absolute atomic E-state index is 13.1. The van der Waals surface area contributed by atoms with Crippen LogP contribution in [0.4, 0.5) is 0 Å². The van der Waals surface area contributed by atoms with E-state index in [2.05, 4.69) is 20.9 Å². The van der Waals surface area contributed by atoms with Crippen molar-refractivity contribution < 1.29 is 44.1 Å². The van der Waals surface area contributed by atoms with Crippen LogP contribution < -0.4 is 21.7 Å². The summed E-state index contributed by atoms with van der Waals surface area (Å²) in [5.74, 6) is -6.65. The topological polar surface area (TPSA) is 241 Å². The fraction of sp³-hybridized carbons (Fsp3) is 0.462. The minimum atomic E-state index is -1.44. The summed E-state index contributed by atoms with van der Waals surface area (Å²) in [6.45, 7) is 3.53. The predicted octanol–water partition coefficient (Wildman–Crippen LogP) is -0.0377. The molecule has 3 amide bonds. The van der Waals surface area contributed by atoms with Crippen LogP contribution in [0.25, 0.3) is 10.9 Å². The molecule has 0 fully saturated rings. The number of carbonyl (C=O) groups excluding carboxylic acids is 3. The lowest BCUT2D eigenvalue weighted by molar-refractivity contribution is -0.143. The van der Waals surface area contributed by atoms with Crippen molar-refractivity contribution in [3.05, 3.63) is 36.0 Å². The number of hydrogen-bond acceptors (Lipinski definition) is 7. The van der Waals surface area contributed by atoms with Gasteiger partial charge in [0.1, 0.15) is 18.1 Å². The third-order valence-corrected chi connectivity index (χ3v) is 6.06. The van der Waals surface area contributed by atoms with Crippen molar-refractivity contribution in [2.75, 3.05) is 0 Å². The number of hydrogen-bond donors (Lipinski definition) is 8. The number of aromatic amines is 1. The van der Waals surface area contributed by atoms with Crippen molar-refractivity contribution in [3.8, 4) is 0 Å². The average molecular weight is 562 g/mol. The Labute approximate surface area is 229 Å². The van der Waals surface area contributed by atoms with Gasteiger partial charge in [-0.1, -0.05) is 32.0 Å². The fourth-order valence-corrected chi connectivity index (χ4v) is 4.06. The molecule has 0 saturated carbocycles. The Hall–Kier alpha value is -4.46. The quantitative estimate of drug-likeness (QED) is 0.136. The molecule has 0 spiro atoms. The third-order valence-electron chi connectivity index (χ3n) is 6.06. The van der Waals surface area contributed by atoms with Gasteiger partial charge in [0.25, 0.3) is 0 Å². The molecular weight excluding hydrogens is 526 g/mol. The number of rotatable bonds is 16. The lowest BCUT2D eigenvalue weighted by Gasteiger charge is -2.25. The number of nitrogens with two attached hydrogens (primary N) is 1. The molecule has 4 unspecified atom stereocenters. The van der Waals surface area contributed by atoms with E-state index >= 15 is 0 Å². The number of carbonyl (C=O) groups is 6. The number of H-pyrrole nitrogens is 1. The van der Waals surface area contributed by atoms with Crippen LogP contribution in [0.5, 0.6) is 0 Å². The third kappa shape index (κ3) is 9.69. The van der Waals surface area contributed by atoms with Crippen LogP contribution in [0.3, 0.4) is 0 Å². The molecule has 1 heterocycles. The highest BCUT2D eigenvalue weighted by Crippen LogP contribution is 2.19. The van der Waals surface area contributed by atoms with Crippen molar-refractivity contribution in [2.45, 2.75) is 70.1 Å². The van der Waals surface area contributed by atoms with Crippen LogP contribution in [0, 0.1) is 5.92 Å². The Balaban J connectivity index is 2.20. The van der Waals surface area contributed by atoms with Gasteiger partial charge in [-0.15, -0.1) is 0 Å². The first-order chi connectivity index (χ1) is 18.8. The Morgan fingerprint density at radius 2 is 1.45 bits per heavy atom. The summed E-state index contributed by atoms with van der Waals surface area (Å²) in [7, 11) is 0. The summed E-state index contributed by atoms with van der Waals surface area (Å²) in [5.41, 5.74) is 7.00. The van der Waals surface area contributed by atoms with Crippen LogP contribution in [0.15, 0.2) is 30.5 Å². The molecule has 1 aromatic carbocycles. The van der Waals surface area contributed by atoms with Crippen molar-refractivity contribution >= 4 is 46.5 Å². The molecule has 2 rings (SSSR count). The summed E-state index contributed by atoms with van der Waals surface area (Å²) in [5, 5.41) is 35.7. The molecule has 14 heteroatoms. The fourth-order valence-electron chi connectivity index (χ4n) is 4.06. The molecule has 0 aliphatic rings. The molecule has 0 aliphatic carbocycles. The predicted molar refractivity (Wildman–Crippen MR) is 142 cm³/mol. The SMILES string of the molecule is CC(C)CC(NC(=O)C(N)CC(=O)O)C(=O)NC(CCC(=O)O)C(=O)NC(Cc1c[nH]c2ccccc12)C(=O)O. The van der Waals surface area contributed by atoms with Crippen molar-refractivity contribution in [1.29, 1.82) is 0 Å². The monoisotopic (exact) mass is 561 g/mol. The largest absolute Gasteiger partial charge is 0.481 e. The van der Waals surface area contributed by atoms with E-state index in [1.165, 1.54) is 0 Å². The van der Waals surface area contributed by atoms with Crippen molar-refractivity contribution in [1.82, 2.24) is 20.9 Å². The van der Waals surface area contributed by atoms with E-state index in [0.29, 0.717) is 5.56 Å². The van der Waals surface area contributed by atoms with Gasteiger partial charge in [0.15, 0.2) is 0 Å². The molecular formula is C26H35N5O9. The number of nitrogens with one attached hydrogen (secondary N) is 4. The second kappa shape index (κ2) is 14.6. The van der Waals surface area contributed by atoms with Gasteiger partial charge in [-0.25, -0.2) is 4.79 Å². The van der Waals surface area contributed by atoms with Gasteiger partial charge in [0.2, 0.25) is 17.7 Å². The van der Waals surface area contributed by atoms with Crippen molar-refractivity contribution in [2.24, 2.45) is 11.7 Å². The van der Waals surface area contributed by atoms with Gasteiger partial charge in [-0.05, 0) is 30.4 Å². The van der Waals surface area contributed by atoms with Gasteiger partial charge >= 0.3 is 17.9 Å². The standard InChI is InChI=1S/C26H35N5O9/c1-13(2)9-19(30-23(36)16(27)11-22(34)35)25(38)29-18(7-8-21(32)33)24(37)31-20(26(39)40)10-14-12-28-17-6-4-3-5-15(14)17/h3-6,12-13,16,18-20,28H,7-11,27H2,1-2H3,(H,29,38)(H,30,36)(H,31,37)(H,32,33)(H,34,35)(H,39,40). The highest BCUT2D eigenvalue weighted by Gasteiger charge is 2.31. The summed E-state index contributed by atoms with van der Waals surface area (Å²) >= 11 is 0. The van der Waals surface area contributed by atoms with Gasteiger partial charge in [0, 0.05) is 29.9 Å². The molecule has 4 atom stereocenters. The first-order valence-corrected chi connectivity index (χ1v) is 12.7. The highest BCUT2D eigenvalue weighted by atomic mass is 16.4. The zero-order valence-electron chi connectivity index (χ0n) is 22.2.